The van der Waals surface area contributed by atoms with E-state index < -0.39 is 0 Å². The van der Waals surface area contributed by atoms with Crippen LogP contribution in [-0.2, 0) is 0 Å². The number of carbonyl (C=O) groups excluding carboxylic acids is 1. The summed E-state index contributed by atoms with van der Waals surface area (Å²) >= 11 is 6.55. The molecule has 2 saturated heterocycles. The summed E-state index contributed by atoms with van der Waals surface area (Å²) in [6.45, 7) is 9.07. The number of pyridine rings is 1. The molecule has 0 aliphatic carbocycles. The second kappa shape index (κ2) is 9.68. The van der Waals surface area contributed by atoms with E-state index in [1.165, 1.54) is 6.42 Å². The summed E-state index contributed by atoms with van der Waals surface area (Å²) in [6, 6.07) is 3.60. The lowest BCUT2D eigenvalue weighted by atomic mass is 10.1. The van der Waals surface area contributed by atoms with Gasteiger partial charge >= 0.3 is 0 Å². The number of amides is 1. The van der Waals surface area contributed by atoms with Crippen LogP contribution in [0.25, 0.3) is 0 Å². The first kappa shape index (κ1) is 21.6. The van der Waals surface area contributed by atoms with Gasteiger partial charge in [-0.2, -0.15) is 4.98 Å². The first-order valence-electron chi connectivity index (χ1n) is 11.0. The van der Waals surface area contributed by atoms with Gasteiger partial charge in [-0.25, -0.2) is 9.97 Å². The Hall–Kier alpha value is -2.61. The molecule has 166 valence electrons. The van der Waals surface area contributed by atoms with Crippen molar-refractivity contribution in [2.24, 2.45) is 0 Å². The lowest BCUT2D eigenvalue weighted by Gasteiger charge is -2.36. The third-order valence-electron chi connectivity index (χ3n) is 5.69. The number of aryl methyl sites for hydroxylation is 1. The number of piperazine rings is 1. The fourth-order valence-corrected chi connectivity index (χ4v) is 4.35. The molecule has 0 spiro atoms. The van der Waals surface area contributed by atoms with Crippen LogP contribution in [0.1, 0.15) is 42.2 Å². The van der Waals surface area contributed by atoms with Crippen LogP contribution in [-0.4, -0.2) is 71.6 Å². The summed E-state index contributed by atoms with van der Waals surface area (Å²) in [4.78, 5) is 32.5. The smallest absolute Gasteiger partial charge is 0.255 e. The predicted molar refractivity (Wildman–Crippen MR) is 121 cm³/mol. The van der Waals surface area contributed by atoms with Crippen LogP contribution in [0.4, 0.5) is 11.8 Å². The van der Waals surface area contributed by atoms with Gasteiger partial charge in [0.1, 0.15) is 5.82 Å². The molecule has 8 nitrogen and oxygen atoms in total. The Morgan fingerprint density at radius 2 is 1.74 bits per heavy atom. The molecular weight excluding hydrogens is 416 g/mol. The molecule has 0 bridgehead atoms. The van der Waals surface area contributed by atoms with Crippen LogP contribution in [0.15, 0.2) is 18.3 Å². The van der Waals surface area contributed by atoms with Crippen molar-refractivity contribution in [3.63, 3.8) is 0 Å². The van der Waals surface area contributed by atoms with Crippen molar-refractivity contribution in [1.82, 2.24) is 19.9 Å². The Balaban J connectivity index is 1.41. The van der Waals surface area contributed by atoms with E-state index in [1.54, 1.807) is 12.3 Å². The monoisotopic (exact) mass is 444 g/mol. The van der Waals surface area contributed by atoms with Gasteiger partial charge in [-0.15, -0.1) is 0 Å². The third-order valence-corrected chi connectivity index (χ3v) is 5.96. The number of nitrogens with zero attached hydrogens (tertiary/aromatic N) is 6. The number of aromatic nitrogens is 3. The summed E-state index contributed by atoms with van der Waals surface area (Å²) in [5.74, 6) is 2.03. The Morgan fingerprint density at radius 1 is 1.03 bits per heavy atom. The molecule has 31 heavy (non-hydrogen) atoms. The Kier molecular flexibility index (Phi) is 6.75. The average Bonchev–Trinajstić information content (AvgIpc) is 2.79. The molecule has 0 N–H and O–H groups in total. The minimum atomic E-state index is 0.0205. The second-order valence-corrected chi connectivity index (χ2v) is 8.34. The van der Waals surface area contributed by atoms with E-state index in [1.807, 2.05) is 24.8 Å². The maximum atomic E-state index is 12.7. The maximum absolute atomic E-state index is 12.7. The van der Waals surface area contributed by atoms with Gasteiger partial charge in [0.15, 0.2) is 0 Å². The van der Waals surface area contributed by atoms with Crippen molar-refractivity contribution in [2.45, 2.75) is 33.1 Å². The minimum absolute atomic E-state index is 0.0205. The van der Waals surface area contributed by atoms with Crippen LogP contribution >= 0.6 is 11.6 Å². The van der Waals surface area contributed by atoms with Gasteiger partial charge in [-0.05, 0) is 39.2 Å². The molecule has 0 aromatic carbocycles. The zero-order valence-corrected chi connectivity index (χ0v) is 18.9. The Bertz CT molecular complexity index is 926. The number of rotatable bonds is 5. The highest BCUT2D eigenvalue weighted by molar-refractivity contribution is 6.33. The molecule has 1 amide bonds. The van der Waals surface area contributed by atoms with E-state index in [9.17, 15) is 4.79 Å². The van der Waals surface area contributed by atoms with E-state index in [0.717, 1.165) is 63.6 Å². The lowest BCUT2D eigenvalue weighted by molar-refractivity contribution is 0.0724. The number of halogens is 1. The number of piperidine rings is 1. The van der Waals surface area contributed by atoms with Crippen LogP contribution in [0.3, 0.4) is 0 Å². The van der Waals surface area contributed by atoms with Crippen molar-refractivity contribution in [3.8, 4) is 5.88 Å². The number of hydrogen-bond acceptors (Lipinski definition) is 7. The van der Waals surface area contributed by atoms with Gasteiger partial charge in [0, 0.05) is 57.2 Å². The number of carbonyl (C=O) groups is 1. The van der Waals surface area contributed by atoms with E-state index in [4.69, 9.17) is 16.3 Å². The molecule has 2 aliphatic heterocycles. The molecular formula is C22H29ClN6O2. The van der Waals surface area contributed by atoms with Gasteiger partial charge in [0.25, 0.3) is 5.91 Å². The van der Waals surface area contributed by atoms with E-state index in [0.29, 0.717) is 29.0 Å². The molecule has 2 aromatic heterocycles. The molecule has 0 radical (unpaired) electrons. The molecule has 9 heteroatoms. The molecule has 2 aromatic rings. The van der Waals surface area contributed by atoms with Crippen molar-refractivity contribution in [2.75, 3.05) is 55.7 Å². The highest BCUT2D eigenvalue weighted by Gasteiger charge is 2.24. The minimum Gasteiger partial charge on any atom is -0.478 e. The molecule has 4 rings (SSSR count). The van der Waals surface area contributed by atoms with E-state index in [-0.39, 0.29) is 5.91 Å². The van der Waals surface area contributed by atoms with Crippen LogP contribution in [0, 0.1) is 6.92 Å². The van der Waals surface area contributed by atoms with Gasteiger partial charge in [-0.1, -0.05) is 11.6 Å². The van der Waals surface area contributed by atoms with Gasteiger partial charge in [0.2, 0.25) is 11.8 Å². The fourth-order valence-electron chi connectivity index (χ4n) is 4.07. The Labute approximate surface area is 188 Å². The largest absolute Gasteiger partial charge is 0.478 e. The standard InChI is InChI=1S/C22H29ClN6O2/c1-3-31-19-13-16(2)25-22(26-19)29-11-9-27(10-12-29)20-18(23)14-17(15-24-20)21(30)28-7-5-4-6-8-28/h13-15H,3-12H2,1-2H3. The molecule has 4 heterocycles. The average molecular weight is 445 g/mol. The number of anilines is 2. The van der Waals surface area contributed by atoms with Crippen LogP contribution < -0.4 is 14.5 Å². The van der Waals surface area contributed by atoms with Gasteiger partial charge in [-0.3, -0.25) is 4.79 Å². The highest BCUT2D eigenvalue weighted by Crippen LogP contribution is 2.27. The Morgan fingerprint density at radius 3 is 2.42 bits per heavy atom. The maximum Gasteiger partial charge on any atom is 0.255 e. The van der Waals surface area contributed by atoms with Crippen molar-refractivity contribution in [3.05, 3.63) is 34.6 Å². The first-order valence-corrected chi connectivity index (χ1v) is 11.4. The second-order valence-electron chi connectivity index (χ2n) is 7.94. The quantitative estimate of drug-likeness (QED) is 0.701. The summed E-state index contributed by atoms with van der Waals surface area (Å²) < 4.78 is 5.55. The molecule has 2 aliphatic rings. The third kappa shape index (κ3) is 5.01. The highest BCUT2D eigenvalue weighted by atomic mass is 35.5. The summed E-state index contributed by atoms with van der Waals surface area (Å²) in [5, 5.41) is 0.516. The number of ether oxygens (including phenoxy) is 1. The van der Waals surface area contributed by atoms with E-state index >= 15 is 0 Å². The summed E-state index contributed by atoms with van der Waals surface area (Å²) in [5.41, 5.74) is 1.44. The fraction of sp³-hybridized carbons (Fsp3) is 0.545. The predicted octanol–water partition coefficient (Wildman–Crippen LogP) is 3.18. The topological polar surface area (TPSA) is 74.7 Å². The summed E-state index contributed by atoms with van der Waals surface area (Å²) in [7, 11) is 0. The van der Waals surface area contributed by atoms with Crippen molar-refractivity contribution in [1.29, 1.82) is 0 Å². The zero-order valence-electron chi connectivity index (χ0n) is 18.2. The van der Waals surface area contributed by atoms with Crippen molar-refractivity contribution >= 4 is 29.3 Å². The SMILES string of the molecule is CCOc1cc(C)nc(N2CCN(c3ncc(C(=O)N4CCCCC4)cc3Cl)CC2)n1. The normalized spacial score (nSPS) is 17.1. The van der Waals surface area contributed by atoms with Crippen molar-refractivity contribution < 1.29 is 9.53 Å². The number of hydrogen-bond donors (Lipinski definition) is 0. The number of likely N-dealkylation sites (tertiary alicyclic amines) is 1. The van der Waals surface area contributed by atoms with Gasteiger partial charge < -0.3 is 19.4 Å². The first-order chi connectivity index (χ1) is 15.0. The molecule has 2 fully saturated rings. The van der Waals surface area contributed by atoms with Gasteiger partial charge in [0.05, 0.1) is 17.2 Å². The van der Waals surface area contributed by atoms with Crippen LogP contribution in [0.5, 0.6) is 5.88 Å². The van der Waals surface area contributed by atoms with E-state index in [2.05, 4.69) is 24.8 Å². The summed E-state index contributed by atoms with van der Waals surface area (Å²) in [6.07, 6.45) is 4.97. The lowest BCUT2D eigenvalue weighted by Crippen LogP contribution is -2.47. The zero-order chi connectivity index (χ0) is 21.8. The molecule has 0 unspecified atom stereocenters. The van der Waals surface area contributed by atoms with Crippen LogP contribution in [0.2, 0.25) is 5.02 Å². The molecule has 0 saturated carbocycles. The molecule has 0 atom stereocenters.